The maximum absolute atomic E-state index is 11.6. The molecule has 0 aromatic rings. The van der Waals surface area contributed by atoms with Crippen molar-refractivity contribution in [3.63, 3.8) is 0 Å². The van der Waals surface area contributed by atoms with E-state index in [9.17, 15) is 4.79 Å². The summed E-state index contributed by atoms with van der Waals surface area (Å²) >= 11 is 0. The molecular weight excluding hydrogens is 180 g/mol. The maximum Gasteiger partial charge on any atom is 0.231 e. The smallest absolute Gasteiger partial charge is 0.231 e. The van der Waals surface area contributed by atoms with Gasteiger partial charge in [-0.2, -0.15) is 10.4 Å². The molecule has 0 fully saturated rings. The van der Waals surface area contributed by atoms with Gasteiger partial charge in [0.1, 0.15) is 6.34 Å². The third-order valence-electron chi connectivity index (χ3n) is 2.48. The first-order valence-corrected chi connectivity index (χ1v) is 4.57. The second kappa shape index (κ2) is 5.97. The molecule has 5 heteroatoms. The topological polar surface area (TPSA) is 77.3 Å². The van der Waals surface area contributed by atoms with Crippen LogP contribution in [0.2, 0.25) is 0 Å². The molecule has 0 saturated carbocycles. The molecule has 0 saturated heterocycles. The van der Waals surface area contributed by atoms with Crippen molar-refractivity contribution in [1.29, 1.82) is 5.26 Å². The van der Waals surface area contributed by atoms with Crippen LogP contribution in [0.5, 0.6) is 0 Å². The van der Waals surface area contributed by atoms with Crippen molar-refractivity contribution in [2.45, 2.75) is 33.6 Å². The van der Waals surface area contributed by atoms with Gasteiger partial charge < -0.3 is 5.32 Å². The molecule has 14 heavy (non-hydrogen) atoms. The molecule has 2 N–H and O–H groups in total. The Morgan fingerprint density at radius 1 is 1.57 bits per heavy atom. The Labute approximate surface area is 84.2 Å². The Morgan fingerprint density at radius 3 is 2.57 bits per heavy atom. The number of nitrogens with one attached hydrogen (secondary N) is 2. The standard InChI is InChI=1S/C9H16N4O/c1-4-9(3,5-2)8(14)11-7-13-12-6-10/h7,12H,4-5H2,1-3H3,(H,11,13,14). The van der Waals surface area contributed by atoms with Crippen molar-refractivity contribution in [2.75, 3.05) is 0 Å². The lowest BCUT2D eigenvalue weighted by Gasteiger charge is -2.23. The van der Waals surface area contributed by atoms with E-state index in [4.69, 9.17) is 5.26 Å². The van der Waals surface area contributed by atoms with Gasteiger partial charge in [0.15, 0.2) is 6.19 Å². The summed E-state index contributed by atoms with van der Waals surface area (Å²) in [6.07, 6.45) is 4.34. The highest BCUT2D eigenvalue weighted by Gasteiger charge is 2.28. The minimum Gasteiger partial charge on any atom is -0.315 e. The molecule has 0 bridgehead atoms. The van der Waals surface area contributed by atoms with Crippen LogP contribution in [-0.4, -0.2) is 12.2 Å². The zero-order chi connectivity index (χ0) is 11.0. The minimum absolute atomic E-state index is 0.0778. The number of nitrogens with zero attached hydrogens (tertiary/aromatic N) is 2. The van der Waals surface area contributed by atoms with Crippen molar-refractivity contribution in [1.82, 2.24) is 10.7 Å². The lowest BCUT2D eigenvalue weighted by atomic mass is 9.84. The van der Waals surface area contributed by atoms with Gasteiger partial charge in [0.05, 0.1) is 0 Å². The molecule has 0 aromatic carbocycles. The number of carbonyl (C=O) groups is 1. The van der Waals surface area contributed by atoms with E-state index >= 15 is 0 Å². The minimum atomic E-state index is -0.362. The van der Waals surface area contributed by atoms with Gasteiger partial charge in [-0.1, -0.05) is 20.8 Å². The number of nitriles is 1. The average molecular weight is 196 g/mol. The van der Waals surface area contributed by atoms with E-state index in [-0.39, 0.29) is 11.3 Å². The van der Waals surface area contributed by atoms with E-state index in [1.807, 2.05) is 20.8 Å². The van der Waals surface area contributed by atoms with Crippen LogP contribution in [0.4, 0.5) is 0 Å². The van der Waals surface area contributed by atoms with Crippen LogP contribution in [0, 0.1) is 16.9 Å². The first-order valence-electron chi connectivity index (χ1n) is 4.57. The summed E-state index contributed by atoms with van der Waals surface area (Å²) in [6, 6.07) is 0. The van der Waals surface area contributed by atoms with Crippen molar-refractivity contribution >= 4 is 12.2 Å². The largest absolute Gasteiger partial charge is 0.315 e. The molecule has 0 aliphatic heterocycles. The Morgan fingerprint density at radius 2 is 2.14 bits per heavy atom. The Hall–Kier alpha value is -1.57. The van der Waals surface area contributed by atoms with Gasteiger partial charge in [-0.3, -0.25) is 4.79 Å². The van der Waals surface area contributed by atoms with Gasteiger partial charge in [-0.05, 0) is 12.8 Å². The van der Waals surface area contributed by atoms with E-state index in [2.05, 4.69) is 15.8 Å². The average Bonchev–Trinajstić information content (AvgIpc) is 2.22. The molecular formula is C9H16N4O. The summed E-state index contributed by atoms with van der Waals surface area (Å²) in [5.41, 5.74) is 1.69. The Kier molecular flexibility index (Phi) is 5.30. The van der Waals surface area contributed by atoms with Crippen LogP contribution in [0.25, 0.3) is 0 Å². The van der Waals surface area contributed by atoms with Crippen molar-refractivity contribution in [2.24, 2.45) is 10.5 Å². The summed E-state index contributed by atoms with van der Waals surface area (Å²) in [7, 11) is 0. The number of hydrogen-bond acceptors (Lipinski definition) is 4. The van der Waals surface area contributed by atoms with Gasteiger partial charge in [-0.25, -0.2) is 5.43 Å². The van der Waals surface area contributed by atoms with Crippen LogP contribution in [-0.2, 0) is 4.79 Å². The highest BCUT2D eigenvalue weighted by molar-refractivity contribution is 5.91. The molecule has 0 aliphatic rings. The molecule has 78 valence electrons. The SMILES string of the molecule is CCC(C)(CC)C(=O)NC=NNC#N. The van der Waals surface area contributed by atoms with Crippen LogP contribution in [0.3, 0.4) is 0 Å². The number of rotatable bonds is 5. The monoisotopic (exact) mass is 196 g/mol. The number of carbonyl (C=O) groups excluding carboxylic acids is 1. The molecule has 0 aliphatic carbocycles. The molecule has 1 amide bonds. The summed E-state index contributed by atoms with van der Waals surface area (Å²) < 4.78 is 0. The molecule has 5 nitrogen and oxygen atoms in total. The highest BCUT2D eigenvalue weighted by Crippen LogP contribution is 2.24. The molecule has 0 unspecified atom stereocenters. The van der Waals surface area contributed by atoms with E-state index in [1.54, 1.807) is 6.19 Å². The normalized spacial score (nSPS) is 11.0. The lowest BCUT2D eigenvalue weighted by Crippen LogP contribution is -2.37. The van der Waals surface area contributed by atoms with Gasteiger partial charge >= 0.3 is 0 Å². The molecule has 0 heterocycles. The van der Waals surface area contributed by atoms with Crippen LogP contribution >= 0.6 is 0 Å². The predicted octanol–water partition coefficient (Wildman–Crippen LogP) is 0.943. The van der Waals surface area contributed by atoms with Gasteiger partial charge in [-0.15, -0.1) is 0 Å². The Balaban J connectivity index is 4.14. The van der Waals surface area contributed by atoms with E-state index in [1.165, 1.54) is 6.34 Å². The van der Waals surface area contributed by atoms with Crippen LogP contribution < -0.4 is 10.7 Å². The summed E-state index contributed by atoms with van der Waals surface area (Å²) in [4.78, 5) is 11.6. The molecule has 0 spiro atoms. The molecule has 0 radical (unpaired) electrons. The van der Waals surface area contributed by atoms with E-state index < -0.39 is 0 Å². The van der Waals surface area contributed by atoms with Crippen molar-refractivity contribution in [3.8, 4) is 6.19 Å². The second-order valence-electron chi connectivity index (χ2n) is 3.22. The van der Waals surface area contributed by atoms with Crippen molar-refractivity contribution < 1.29 is 4.79 Å². The fourth-order valence-electron chi connectivity index (χ4n) is 0.897. The number of amides is 1. The molecule has 0 atom stereocenters. The highest BCUT2D eigenvalue weighted by atomic mass is 16.2. The lowest BCUT2D eigenvalue weighted by molar-refractivity contribution is -0.128. The third-order valence-corrected chi connectivity index (χ3v) is 2.48. The summed E-state index contributed by atoms with van der Waals surface area (Å²) in [5.74, 6) is -0.0778. The fourth-order valence-corrected chi connectivity index (χ4v) is 0.897. The molecule has 0 aromatic heterocycles. The van der Waals surface area contributed by atoms with Crippen molar-refractivity contribution in [3.05, 3.63) is 0 Å². The van der Waals surface area contributed by atoms with Crippen LogP contribution in [0.15, 0.2) is 5.10 Å². The van der Waals surface area contributed by atoms with E-state index in [0.29, 0.717) is 0 Å². The number of hydrogen-bond donors (Lipinski definition) is 2. The number of hydrazone groups is 1. The first-order chi connectivity index (χ1) is 6.60. The fraction of sp³-hybridized carbons (Fsp3) is 0.667. The maximum atomic E-state index is 11.6. The van der Waals surface area contributed by atoms with Gasteiger partial charge in [0.25, 0.3) is 0 Å². The van der Waals surface area contributed by atoms with Gasteiger partial charge in [0, 0.05) is 5.41 Å². The quantitative estimate of drug-likeness (QED) is 0.226. The summed E-state index contributed by atoms with van der Waals surface area (Å²) in [5, 5.41) is 14.1. The molecule has 0 rings (SSSR count). The zero-order valence-corrected chi connectivity index (χ0v) is 8.79. The Bertz CT molecular complexity index is 250. The first kappa shape index (κ1) is 12.4. The predicted molar refractivity (Wildman–Crippen MR) is 54.1 cm³/mol. The summed E-state index contributed by atoms with van der Waals surface area (Å²) in [6.45, 7) is 5.83. The van der Waals surface area contributed by atoms with Crippen LogP contribution in [0.1, 0.15) is 33.6 Å². The zero-order valence-electron chi connectivity index (χ0n) is 8.79. The van der Waals surface area contributed by atoms with E-state index in [0.717, 1.165) is 12.8 Å². The second-order valence-corrected chi connectivity index (χ2v) is 3.22. The van der Waals surface area contributed by atoms with Gasteiger partial charge in [0.2, 0.25) is 5.91 Å². The third kappa shape index (κ3) is 3.44.